The van der Waals surface area contributed by atoms with Crippen molar-refractivity contribution in [1.29, 1.82) is 0 Å². The lowest BCUT2D eigenvalue weighted by Gasteiger charge is -2.47. The van der Waals surface area contributed by atoms with Gasteiger partial charge in [0.2, 0.25) is 5.91 Å². The summed E-state index contributed by atoms with van der Waals surface area (Å²) in [5, 5.41) is 0.617. The third-order valence-corrected chi connectivity index (χ3v) is 9.93. The molecule has 2 aliphatic heterocycles. The number of benzene rings is 2. The van der Waals surface area contributed by atoms with Gasteiger partial charge in [-0.05, 0) is 91.0 Å². The average Bonchev–Trinajstić information content (AvgIpc) is 3.42. The van der Waals surface area contributed by atoms with E-state index in [1.165, 1.54) is 24.1 Å². The second-order valence-corrected chi connectivity index (χ2v) is 12.1. The molecule has 1 atom stereocenters. The number of aryl methyl sites for hydroxylation is 1. The van der Waals surface area contributed by atoms with Gasteiger partial charge in [-0.1, -0.05) is 35.9 Å². The molecule has 3 aromatic rings. The monoisotopic (exact) mass is 556 g/mol. The van der Waals surface area contributed by atoms with Gasteiger partial charge in [-0.3, -0.25) is 14.6 Å². The van der Waals surface area contributed by atoms with Crippen LogP contribution in [0.25, 0.3) is 0 Å². The number of pyridine rings is 1. The Bertz CT molecular complexity index is 1380. The summed E-state index contributed by atoms with van der Waals surface area (Å²) in [5.74, 6) is 0.154. The van der Waals surface area contributed by atoms with E-state index in [0.29, 0.717) is 10.4 Å². The number of carbonyl (C=O) groups excluding carboxylic acids is 2. The number of halogens is 1. The number of fused-ring (bicyclic) bond motifs is 1. The first-order chi connectivity index (χ1) is 19.4. The van der Waals surface area contributed by atoms with Gasteiger partial charge in [0.15, 0.2) is 0 Å². The fourth-order valence-electron chi connectivity index (χ4n) is 6.88. The largest absolute Gasteiger partial charge is 0.371 e. The van der Waals surface area contributed by atoms with Gasteiger partial charge in [0, 0.05) is 61.9 Å². The van der Waals surface area contributed by atoms with Gasteiger partial charge in [0.05, 0.1) is 12.5 Å². The maximum Gasteiger partial charge on any atom is 0.253 e. The van der Waals surface area contributed by atoms with E-state index in [2.05, 4.69) is 28.1 Å². The number of anilines is 1. The molecule has 6 rings (SSSR count). The molecule has 2 aromatic carbocycles. The molecular weight excluding hydrogens is 520 g/mol. The Morgan fingerprint density at radius 2 is 1.68 bits per heavy atom. The van der Waals surface area contributed by atoms with Gasteiger partial charge in [0.1, 0.15) is 0 Å². The SMILES string of the molecule is CN(C(=O)Cc1ccccc1Cl)C1CCc2ccc(C(=O)N3CCC4(CC3)CCN(c3ccncc3)CC4)cc21. The first kappa shape index (κ1) is 26.8. The molecule has 2 fully saturated rings. The molecule has 0 N–H and O–H groups in total. The van der Waals surface area contributed by atoms with Crippen LogP contribution in [-0.4, -0.2) is 59.8 Å². The summed E-state index contributed by atoms with van der Waals surface area (Å²) in [7, 11) is 1.87. The average molecular weight is 557 g/mol. The number of piperidine rings is 2. The van der Waals surface area contributed by atoms with Crippen LogP contribution in [0.5, 0.6) is 0 Å². The molecule has 40 heavy (non-hydrogen) atoms. The molecule has 6 nitrogen and oxygen atoms in total. The molecule has 2 amide bonds. The van der Waals surface area contributed by atoms with E-state index in [4.69, 9.17) is 11.6 Å². The van der Waals surface area contributed by atoms with Crippen molar-refractivity contribution < 1.29 is 9.59 Å². The van der Waals surface area contributed by atoms with Crippen molar-refractivity contribution >= 4 is 29.1 Å². The number of hydrogen-bond donors (Lipinski definition) is 0. The van der Waals surface area contributed by atoms with E-state index in [-0.39, 0.29) is 24.3 Å². The summed E-state index contributed by atoms with van der Waals surface area (Å²) in [6, 6.07) is 17.8. The zero-order valence-corrected chi connectivity index (χ0v) is 23.9. The van der Waals surface area contributed by atoms with Crippen LogP contribution in [0.3, 0.4) is 0 Å². The number of rotatable bonds is 5. The Balaban J connectivity index is 1.08. The summed E-state index contributed by atoms with van der Waals surface area (Å²) in [6.45, 7) is 3.75. The maximum atomic E-state index is 13.6. The number of likely N-dealkylation sites (N-methyl/N-ethyl adjacent to an activating group) is 1. The van der Waals surface area contributed by atoms with Crippen LogP contribution in [0.15, 0.2) is 67.0 Å². The van der Waals surface area contributed by atoms with E-state index in [0.717, 1.165) is 68.6 Å². The van der Waals surface area contributed by atoms with Crippen LogP contribution in [0.4, 0.5) is 5.69 Å². The molecule has 3 heterocycles. The number of amides is 2. The molecule has 1 aromatic heterocycles. The predicted molar refractivity (Wildman–Crippen MR) is 159 cm³/mol. The standard InChI is InChI=1S/C33H37ClN4O2/c1-36(31(39)23-25-4-2-3-5-29(25)34)30-9-8-24-6-7-26(22-28(24)30)32(40)38-20-14-33(15-21-38)12-18-37(19-13-33)27-10-16-35-17-11-27/h2-7,10-11,16-17,22,30H,8-9,12-15,18-21,23H2,1H3. The summed E-state index contributed by atoms with van der Waals surface area (Å²) >= 11 is 6.31. The van der Waals surface area contributed by atoms with Crippen molar-refractivity contribution in [2.45, 2.75) is 51.0 Å². The summed E-state index contributed by atoms with van der Waals surface area (Å²) in [5.41, 5.74) is 5.52. The third-order valence-electron chi connectivity index (χ3n) is 9.56. The molecule has 1 unspecified atom stereocenters. The highest BCUT2D eigenvalue weighted by Gasteiger charge is 2.39. The van der Waals surface area contributed by atoms with E-state index >= 15 is 0 Å². The highest BCUT2D eigenvalue weighted by molar-refractivity contribution is 6.31. The lowest BCUT2D eigenvalue weighted by atomic mass is 9.71. The molecule has 1 spiro atoms. The molecule has 1 aliphatic carbocycles. The Hall–Kier alpha value is -3.38. The van der Waals surface area contributed by atoms with Crippen LogP contribution in [0.1, 0.15) is 65.2 Å². The van der Waals surface area contributed by atoms with Gasteiger partial charge >= 0.3 is 0 Å². The molecule has 0 saturated carbocycles. The Labute approximate surface area is 241 Å². The van der Waals surface area contributed by atoms with Gasteiger partial charge < -0.3 is 14.7 Å². The summed E-state index contributed by atoms with van der Waals surface area (Å²) in [6.07, 6.45) is 10.3. The van der Waals surface area contributed by atoms with Gasteiger partial charge in [-0.15, -0.1) is 0 Å². The Kier molecular flexibility index (Phi) is 7.54. The van der Waals surface area contributed by atoms with Gasteiger partial charge in [0.25, 0.3) is 5.91 Å². The normalized spacial score (nSPS) is 19.9. The predicted octanol–water partition coefficient (Wildman–Crippen LogP) is 5.95. The fraction of sp³-hybridized carbons (Fsp3) is 0.424. The lowest BCUT2D eigenvalue weighted by molar-refractivity contribution is -0.131. The molecule has 2 saturated heterocycles. The van der Waals surface area contributed by atoms with Crippen molar-refractivity contribution in [2.24, 2.45) is 5.41 Å². The zero-order chi connectivity index (χ0) is 27.7. The summed E-state index contributed by atoms with van der Waals surface area (Å²) in [4.78, 5) is 37.3. The highest BCUT2D eigenvalue weighted by Crippen LogP contribution is 2.43. The molecule has 7 heteroatoms. The van der Waals surface area contributed by atoms with Gasteiger partial charge in [-0.25, -0.2) is 0 Å². The van der Waals surface area contributed by atoms with E-state index in [9.17, 15) is 9.59 Å². The second kappa shape index (κ2) is 11.2. The fourth-order valence-corrected chi connectivity index (χ4v) is 7.08. The lowest BCUT2D eigenvalue weighted by Crippen LogP contribution is -2.48. The van der Waals surface area contributed by atoms with Crippen LogP contribution >= 0.6 is 11.6 Å². The minimum Gasteiger partial charge on any atom is -0.371 e. The minimum absolute atomic E-state index is 0.0204. The van der Waals surface area contributed by atoms with Crippen molar-refractivity contribution in [3.05, 3.63) is 94.3 Å². The van der Waals surface area contributed by atoms with Crippen LogP contribution in [0, 0.1) is 5.41 Å². The van der Waals surface area contributed by atoms with Crippen molar-refractivity contribution in [3.63, 3.8) is 0 Å². The number of nitrogens with zero attached hydrogens (tertiary/aromatic N) is 4. The number of likely N-dealkylation sites (tertiary alicyclic amines) is 1. The number of carbonyl (C=O) groups is 2. The van der Waals surface area contributed by atoms with Crippen LogP contribution in [-0.2, 0) is 17.6 Å². The van der Waals surface area contributed by atoms with Crippen LogP contribution in [0.2, 0.25) is 5.02 Å². The Morgan fingerprint density at radius 1 is 0.975 bits per heavy atom. The first-order valence-corrected chi connectivity index (χ1v) is 14.9. The number of aromatic nitrogens is 1. The second-order valence-electron chi connectivity index (χ2n) is 11.7. The third kappa shape index (κ3) is 5.34. The smallest absolute Gasteiger partial charge is 0.253 e. The van der Waals surface area contributed by atoms with Crippen molar-refractivity contribution in [1.82, 2.24) is 14.8 Å². The molecular formula is C33H37ClN4O2. The van der Waals surface area contributed by atoms with E-state index in [1.54, 1.807) is 0 Å². The quantitative estimate of drug-likeness (QED) is 0.390. The Morgan fingerprint density at radius 3 is 2.40 bits per heavy atom. The van der Waals surface area contributed by atoms with E-state index in [1.807, 2.05) is 65.6 Å². The molecule has 3 aliphatic rings. The van der Waals surface area contributed by atoms with E-state index < -0.39 is 0 Å². The zero-order valence-electron chi connectivity index (χ0n) is 23.2. The first-order valence-electron chi connectivity index (χ1n) is 14.5. The minimum atomic E-state index is -0.0204. The molecule has 0 bridgehead atoms. The van der Waals surface area contributed by atoms with Crippen molar-refractivity contribution in [3.8, 4) is 0 Å². The number of hydrogen-bond acceptors (Lipinski definition) is 4. The topological polar surface area (TPSA) is 56.8 Å². The maximum absolute atomic E-state index is 13.6. The highest BCUT2D eigenvalue weighted by atomic mass is 35.5. The molecule has 0 radical (unpaired) electrons. The summed E-state index contributed by atoms with van der Waals surface area (Å²) < 4.78 is 0. The van der Waals surface area contributed by atoms with Crippen molar-refractivity contribution in [2.75, 3.05) is 38.1 Å². The van der Waals surface area contributed by atoms with Gasteiger partial charge in [-0.2, -0.15) is 0 Å². The van der Waals surface area contributed by atoms with Crippen LogP contribution < -0.4 is 4.90 Å². The molecule has 208 valence electrons.